The van der Waals surface area contributed by atoms with Gasteiger partial charge in [-0.1, -0.05) is 18.2 Å². The first-order chi connectivity index (χ1) is 8.51. The monoisotopic (exact) mass is 248 g/mol. The molecule has 98 valence electrons. The summed E-state index contributed by atoms with van der Waals surface area (Å²) in [5, 5.41) is 0. The van der Waals surface area contributed by atoms with Gasteiger partial charge < -0.3 is 9.47 Å². The highest BCUT2D eigenvalue weighted by atomic mass is 16.6. The van der Waals surface area contributed by atoms with Gasteiger partial charge in [0.1, 0.15) is 12.2 Å². The molecular formula is C15H20O3. The Bertz CT molecular complexity index is 437. The van der Waals surface area contributed by atoms with Crippen LogP contribution in [-0.4, -0.2) is 23.8 Å². The highest BCUT2D eigenvalue weighted by Crippen LogP contribution is 2.49. The summed E-state index contributed by atoms with van der Waals surface area (Å²) in [7, 11) is 0. The topological polar surface area (TPSA) is 38.8 Å². The molecule has 2 aliphatic heterocycles. The normalized spacial score (nSPS) is 43.7. The molecule has 3 nitrogen and oxygen atoms in total. The van der Waals surface area contributed by atoms with Crippen molar-refractivity contribution in [3.63, 3.8) is 0 Å². The molecule has 1 aliphatic carbocycles. The van der Waals surface area contributed by atoms with Gasteiger partial charge in [0.05, 0.1) is 5.60 Å². The molecule has 0 aromatic heterocycles. The molecule has 0 amide bonds. The summed E-state index contributed by atoms with van der Waals surface area (Å²) < 4.78 is 11.3. The Hall–Kier alpha value is -1.09. The minimum atomic E-state index is -0.233. The van der Waals surface area contributed by atoms with Gasteiger partial charge in [0.25, 0.3) is 0 Å². The van der Waals surface area contributed by atoms with Crippen molar-refractivity contribution < 1.29 is 14.3 Å². The number of esters is 1. The predicted molar refractivity (Wildman–Crippen MR) is 68.0 cm³/mol. The van der Waals surface area contributed by atoms with Gasteiger partial charge >= 0.3 is 5.97 Å². The lowest BCUT2D eigenvalue weighted by molar-refractivity contribution is -0.140. The van der Waals surface area contributed by atoms with E-state index in [1.807, 2.05) is 0 Å². The molecule has 1 unspecified atom stereocenters. The number of fused-ring (bicyclic) bond motifs is 3. The van der Waals surface area contributed by atoms with Crippen molar-refractivity contribution in [1.29, 1.82) is 0 Å². The Morgan fingerprint density at radius 2 is 2.28 bits per heavy atom. The maximum atomic E-state index is 11.7. The molecule has 4 atom stereocenters. The number of allylic oxidation sites excluding steroid dienone is 2. The van der Waals surface area contributed by atoms with Gasteiger partial charge in [-0.25, -0.2) is 4.79 Å². The van der Waals surface area contributed by atoms with Crippen molar-refractivity contribution in [1.82, 2.24) is 0 Å². The fourth-order valence-electron chi connectivity index (χ4n) is 3.20. The second kappa shape index (κ2) is 3.95. The van der Waals surface area contributed by atoms with Crippen LogP contribution >= 0.6 is 0 Å². The molecule has 0 aromatic carbocycles. The fourth-order valence-corrected chi connectivity index (χ4v) is 3.20. The minimum Gasteiger partial charge on any atom is -0.455 e. The maximum Gasteiger partial charge on any atom is 0.334 e. The van der Waals surface area contributed by atoms with Crippen LogP contribution in [0.15, 0.2) is 23.8 Å². The molecule has 2 saturated heterocycles. The largest absolute Gasteiger partial charge is 0.455 e. The van der Waals surface area contributed by atoms with Crippen molar-refractivity contribution in [3.05, 3.63) is 23.8 Å². The van der Waals surface area contributed by atoms with E-state index in [-0.39, 0.29) is 29.7 Å². The van der Waals surface area contributed by atoms with Crippen LogP contribution in [-0.2, 0) is 14.3 Å². The summed E-state index contributed by atoms with van der Waals surface area (Å²) >= 11 is 0. The number of hydrogen-bond acceptors (Lipinski definition) is 3. The van der Waals surface area contributed by atoms with Crippen molar-refractivity contribution in [2.45, 2.75) is 57.3 Å². The molecule has 0 saturated carbocycles. The Balaban J connectivity index is 1.87. The van der Waals surface area contributed by atoms with E-state index in [1.165, 1.54) is 5.57 Å². The summed E-state index contributed by atoms with van der Waals surface area (Å²) in [6, 6.07) is 0. The van der Waals surface area contributed by atoms with E-state index in [1.54, 1.807) is 0 Å². The molecule has 0 radical (unpaired) electrons. The van der Waals surface area contributed by atoms with Crippen LogP contribution in [0.2, 0.25) is 0 Å². The van der Waals surface area contributed by atoms with E-state index in [0.717, 1.165) is 25.7 Å². The number of ether oxygens (including phenoxy) is 2. The maximum absolute atomic E-state index is 11.7. The number of carbonyl (C=O) groups excluding carboxylic acids is 1. The van der Waals surface area contributed by atoms with Crippen molar-refractivity contribution in [3.8, 4) is 0 Å². The predicted octanol–water partition coefficient (Wildman–Crippen LogP) is 2.76. The van der Waals surface area contributed by atoms with Gasteiger partial charge in [0, 0.05) is 11.5 Å². The lowest BCUT2D eigenvalue weighted by atomic mass is 9.84. The number of epoxide rings is 1. The third-order valence-electron chi connectivity index (χ3n) is 4.57. The highest BCUT2D eigenvalue weighted by molar-refractivity contribution is 5.91. The van der Waals surface area contributed by atoms with Crippen molar-refractivity contribution >= 4 is 5.97 Å². The molecule has 2 heterocycles. The average molecular weight is 248 g/mol. The zero-order valence-corrected chi connectivity index (χ0v) is 11.1. The van der Waals surface area contributed by atoms with Crippen LogP contribution in [0.3, 0.4) is 0 Å². The summed E-state index contributed by atoms with van der Waals surface area (Å²) in [4.78, 5) is 11.7. The van der Waals surface area contributed by atoms with Crippen molar-refractivity contribution in [2.24, 2.45) is 5.92 Å². The molecule has 18 heavy (non-hydrogen) atoms. The van der Waals surface area contributed by atoms with Crippen LogP contribution in [0.1, 0.15) is 39.5 Å². The van der Waals surface area contributed by atoms with E-state index < -0.39 is 0 Å². The SMILES string of the molecule is C=C1C(=O)O[C@H]2C1CCC(C)=CCC[C@@]1(C)O[C@@H]21. The summed E-state index contributed by atoms with van der Waals surface area (Å²) in [6.45, 7) is 8.17. The first-order valence-corrected chi connectivity index (χ1v) is 6.74. The average Bonchev–Trinajstić information content (AvgIpc) is 2.90. The van der Waals surface area contributed by atoms with Gasteiger partial charge in [0.15, 0.2) is 0 Å². The second-order valence-corrected chi connectivity index (χ2v) is 5.98. The zero-order valence-electron chi connectivity index (χ0n) is 11.1. The van der Waals surface area contributed by atoms with Crippen LogP contribution in [0.4, 0.5) is 0 Å². The van der Waals surface area contributed by atoms with Gasteiger partial charge in [-0.05, 0) is 39.5 Å². The smallest absolute Gasteiger partial charge is 0.334 e. The number of carbonyl (C=O) groups is 1. The van der Waals surface area contributed by atoms with E-state index >= 15 is 0 Å². The van der Waals surface area contributed by atoms with Gasteiger partial charge in [-0.2, -0.15) is 0 Å². The first kappa shape index (κ1) is 12.0. The number of hydrogen-bond donors (Lipinski definition) is 0. The van der Waals surface area contributed by atoms with Gasteiger partial charge in [0.2, 0.25) is 0 Å². The van der Waals surface area contributed by atoms with Crippen molar-refractivity contribution in [2.75, 3.05) is 0 Å². The molecule has 3 aliphatic rings. The summed E-state index contributed by atoms with van der Waals surface area (Å²) in [5.41, 5.74) is 1.91. The molecular weight excluding hydrogens is 228 g/mol. The van der Waals surface area contributed by atoms with Crippen LogP contribution < -0.4 is 0 Å². The molecule has 0 aromatic rings. The molecule has 0 bridgehead atoms. The Morgan fingerprint density at radius 3 is 3.06 bits per heavy atom. The molecule has 2 fully saturated rings. The minimum absolute atomic E-state index is 0.0671. The van der Waals surface area contributed by atoms with Gasteiger partial charge in [-0.3, -0.25) is 0 Å². The summed E-state index contributed by atoms with van der Waals surface area (Å²) in [6.07, 6.45) is 6.25. The Morgan fingerprint density at radius 1 is 1.50 bits per heavy atom. The third kappa shape index (κ3) is 1.81. The van der Waals surface area contributed by atoms with E-state index in [0.29, 0.717) is 5.57 Å². The molecule has 3 heteroatoms. The lowest BCUT2D eigenvalue weighted by Crippen LogP contribution is -2.28. The summed E-state index contributed by atoms with van der Waals surface area (Å²) in [5.74, 6) is -0.102. The third-order valence-corrected chi connectivity index (χ3v) is 4.57. The van der Waals surface area contributed by atoms with Gasteiger partial charge in [-0.15, -0.1) is 0 Å². The van der Waals surface area contributed by atoms with Crippen LogP contribution in [0, 0.1) is 5.92 Å². The Labute approximate surface area is 108 Å². The fraction of sp³-hybridized carbons (Fsp3) is 0.667. The molecule has 0 spiro atoms. The number of rotatable bonds is 0. The highest BCUT2D eigenvalue weighted by Gasteiger charge is 2.61. The molecule has 3 rings (SSSR count). The van der Waals surface area contributed by atoms with E-state index in [2.05, 4.69) is 26.5 Å². The van der Waals surface area contributed by atoms with E-state index in [4.69, 9.17) is 9.47 Å². The quantitative estimate of drug-likeness (QED) is 0.286. The van der Waals surface area contributed by atoms with E-state index in [9.17, 15) is 4.79 Å². The second-order valence-electron chi connectivity index (χ2n) is 5.98. The van der Waals surface area contributed by atoms with Crippen LogP contribution in [0.25, 0.3) is 0 Å². The lowest BCUT2D eigenvalue weighted by Gasteiger charge is -2.19. The molecule has 0 N–H and O–H groups in total. The standard InChI is InChI=1S/C15H20O3/c1-9-5-4-8-15(3)13(18-15)12-11(7-6-9)10(2)14(16)17-12/h5,11-13H,2,4,6-8H2,1,3H3/t11?,12-,13-,15+/m0/s1. The Kier molecular flexibility index (Phi) is 2.63. The zero-order chi connectivity index (χ0) is 12.9. The van der Waals surface area contributed by atoms with Crippen LogP contribution in [0.5, 0.6) is 0 Å². The first-order valence-electron chi connectivity index (χ1n) is 6.74.